The predicted molar refractivity (Wildman–Crippen MR) is 133 cm³/mol. The lowest BCUT2D eigenvalue weighted by atomic mass is 9.91. The molecule has 224 valence electrons. The highest BCUT2D eigenvalue weighted by atomic mass is 32.2. The number of carbonyl (C=O) groups is 3. The molecular weight excluding hydrogens is 598 g/mol. The number of alkyl halides is 6. The molecule has 3 rings (SSSR count). The van der Waals surface area contributed by atoms with Crippen LogP contribution in [-0.2, 0) is 25.8 Å². The molecule has 1 aliphatic heterocycles. The van der Waals surface area contributed by atoms with E-state index in [0.29, 0.717) is 21.9 Å². The van der Waals surface area contributed by atoms with Gasteiger partial charge in [0.15, 0.2) is 5.75 Å². The Morgan fingerprint density at radius 1 is 1.07 bits per heavy atom. The Kier molecular flexibility index (Phi) is 8.91. The van der Waals surface area contributed by atoms with Crippen LogP contribution in [0.2, 0.25) is 0 Å². The van der Waals surface area contributed by atoms with E-state index in [1.807, 2.05) is 6.07 Å². The van der Waals surface area contributed by atoms with Gasteiger partial charge in [0.2, 0.25) is 10.0 Å². The molecule has 0 bridgehead atoms. The van der Waals surface area contributed by atoms with E-state index in [9.17, 15) is 54.3 Å². The second kappa shape index (κ2) is 11.7. The van der Waals surface area contributed by atoms with Crippen LogP contribution in [0.3, 0.4) is 0 Å². The molecule has 0 saturated heterocycles. The SMILES string of the molecule is CCC1=C(C(=O)O)C(c2ccc(C#N)cc2)N(CC(=O)NS(=O)(=O)CC(F)(F)F)C(=O)N1c1cccc(C(F)(F)F)c1. The van der Waals surface area contributed by atoms with Crippen LogP contribution in [0.5, 0.6) is 0 Å². The summed E-state index contributed by atoms with van der Waals surface area (Å²) < 4.78 is 103. The first-order valence-corrected chi connectivity index (χ1v) is 13.4. The van der Waals surface area contributed by atoms with Gasteiger partial charge in [0.1, 0.15) is 6.54 Å². The van der Waals surface area contributed by atoms with Crippen molar-refractivity contribution >= 4 is 33.6 Å². The van der Waals surface area contributed by atoms with Crippen LogP contribution in [0.1, 0.15) is 36.1 Å². The average molecular weight is 619 g/mol. The number of rotatable bonds is 8. The third-order valence-electron chi connectivity index (χ3n) is 5.89. The van der Waals surface area contributed by atoms with Crippen molar-refractivity contribution in [1.29, 1.82) is 5.26 Å². The number of carbonyl (C=O) groups excluding carboxylic acids is 2. The molecule has 17 heteroatoms. The number of hydrogen-bond acceptors (Lipinski definition) is 6. The van der Waals surface area contributed by atoms with E-state index in [1.165, 1.54) is 35.9 Å². The van der Waals surface area contributed by atoms with Crippen LogP contribution >= 0.6 is 0 Å². The van der Waals surface area contributed by atoms with Crippen molar-refractivity contribution in [3.8, 4) is 6.07 Å². The van der Waals surface area contributed by atoms with Gasteiger partial charge in [0.25, 0.3) is 5.91 Å². The van der Waals surface area contributed by atoms with E-state index < -0.39 is 75.4 Å². The predicted octanol–water partition coefficient (Wildman–Crippen LogP) is 4.32. The van der Waals surface area contributed by atoms with Gasteiger partial charge in [0, 0.05) is 5.70 Å². The first-order chi connectivity index (χ1) is 19.4. The molecule has 1 unspecified atom stereocenters. The first kappa shape index (κ1) is 31.9. The molecular formula is C25H20F6N4O6S. The highest BCUT2D eigenvalue weighted by molar-refractivity contribution is 7.90. The average Bonchev–Trinajstić information content (AvgIpc) is 2.87. The second-order valence-corrected chi connectivity index (χ2v) is 10.6. The molecule has 10 nitrogen and oxygen atoms in total. The molecule has 0 radical (unpaired) electrons. The molecule has 3 amide bonds. The van der Waals surface area contributed by atoms with E-state index in [4.69, 9.17) is 5.26 Å². The lowest BCUT2D eigenvalue weighted by Crippen LogP contribution is -2.54. The fourth-order valence-electron chi connectivity index (χ4n) is 4.32. The number of benzene rings is 2. The molecule has 1 heterocycles. The minimum Gasteiger partial charge on any atom is -0.478 e. The number of hydrogen-bond donors (Lipinski definition) is 2. The van der Waals surface area contributed by atoms with Crippen molar-refractivity contribution in [3.63, 3.8) is 0 Å². The number of allylic oxidation sites excluding steroid dienone is 1. The van der Waals surface area contributed by atoms with Crippen LogP contribution in [0.25, 0.3) is 0 Å². The number of nitrogens with zero attached hydrogens (tertiary/aromatic N) is 3. The zero-order chi connectivity index (χ0) is 31.6. The van der Waals surface area contributed by atoms with Gasteiger partial charge in [-0.2, -0.15) is 31.6 Å². The zero-order valence-electron chi connectivity index (χ0n) is 21.3. The van der Waals surface area contributed by atoms with Crippen LogP contribution < -0.4 is 9.62 Å². The fourth-order valence-corrected chi connectivity index (χ4v) is 5.24. The highest BCUT2D eigenvalue weighted by Crippen LogP contribution is 2.42. The normalized spacial score (nSPS) is 16.3. The molecule has 0 aromatic heterocycles. The number of anilines is 1. The van der Waals surface area contributed by atoms with Crippen molar-refractivity contribution in [2.45, 2.75) is 31.7 Å². The summed E-state index contributed by atoms with van der Waals surface area (Å²) in [5.41, 5.74) is -2.39. The van der Waals surface area contributed by atoms with Crippen molar-refractivity contribution in [1.82, 2.24) is 9.62 Å². The summed E-state index contributed by atoms with van der Waals surface area (Å²) in [6.45, 7) is 0.0951. The van der Waals surface area contributed by atoms with Crippen molar-refractivity contribution in [3.05, 3.63) is 76.5 Å². The molecule has 2 aromatic carbocycles. The Hall–Kier alpha value is -4.59. The van der Waals surface area contributed by atoms with Gasteiger partial charge in [-0.3, -0.25) is 14.4 Å². The van der Waals surface area contributed by atoms with Crippen LogP contribution in [0.15, 0.2) is 59.8 Å². The lowest BCUT2D eigenvalue weighted by Gasteiger charge is -2.43. The Balaban J connectivity index is 2.23. The largest absolute Gasteiger partial charge is 0.478 e. The van der Waals surface area contributed by atoms with E-state index in [2.05, 4.69) is 0 Å². The van der Waals surface area contributed by atoms with Crippen molar-refractivity contribution in [2.24, 2.45) is 0 Å². The molecule has 2 aromatic rings. The number of carboxylic acids is 1. The molecule has 0 fully saturated rings. The number of nitriles is 1. The maximum atomic E-state index is 13.8. The number of sulfonamides is 1. The summed E-state index contributed by atoms with van der Waals surface area (Å²) in [5, 5.41) is 19.3. The third kappa shape index (κ3) is 7.18. The van der Waals surface area contributed by atoms with Crippen molar-refractivity contribution < 1.29 is 54.3 Å². The second-order valence-electron chi connectivity index (χ2n) is 8.85. The summed E-state index contributed by atoms with van der Waals surface area (Å²) in [7, 11) is -5.30. The molecule has 1 aliphatic rings. The van der Waals surface area contributed by atoms with Crippen LogP contribution in [0.4, 0.5) is 36.8 Å². The van der Waals surface area contributed by atoms with E-state index in [1.54, 1.807) is 0 Å². The summed E-state index contributed by atoms with van der Waals surface area (Å²) in [6, 6.07) is 7.11. The number of urea groups is 1. The zero-order valence-corrected chi connectivity index (χ0v) is 22.1. The molecule has 42 heavy (non-hydrogen) atoms. The molecule has 0 saturated carbocycles. The molecule has 0 spiro atoms. The Morgan fingerprint density at radius 3 is 2.19 bits per heavy atom. The monoisotopic (exact) mass is 618 g/mol. The topological polar surface area (TPSA) is 148 Å². The van der Waals surface area contributed by atoms with Gasteiger partial charge in [-0.25, -0.2) is 18.0 Å². The van der Waals surface area contributed by atoms with Gasteiger partial charge in [0.05, 0.1) is 34.5 Å². The third-order valence-corrected chi connectivity index (χ3v) is 7.14. The smallest absolute Gasteiger partial charge is 0.416 e. The van der Waals surface area contributed by atoms with Gasteiger partial charge < -0.3 is 10.0 Å². The highest BCUT2D eigenvalue weighted by Gasteiger charge is 2.45. The summed E-state index contributed by atoms with van der Waals surface area (Å²) in [6.07, 6.45) is -10.3. The Morgan fingerprint density at radius 2 is 1.69 bits per heavy atom. The Bertz CT molecular complexity index is 1580. The van der Waals surface area contributed by atoms with Gasteiger partial charge >= 0.3 is 24.4 Å². The van der Waals surface area contributed by atoms with Crippen molar-refractivity contribution in [2.75, 3.05) is 17.2 Å². The van der Waals surface area contributed by atoms with E-state index >= 15 is 0 Å². The maximum absolute atomic E-state index is 13.8. The quantitative estimate of drug-likeness (QED) is 0.419. The number of amides is 3. The van der Waals surface area contributed by atoms with Gasteiger partial charge in [-0.15, -0.1) is 0 Å². The lowest BCUT2D eigenvalue weighted by molar-refractivity contribution is -0.137. The number of aliphatic carboxylic acids is 1. The Labute approximate surface area is 234 Å². The van der Waals surface area contributed by atoms with E-state index in [0.717, 1.165) is 12.1 Å². The number of carboxylic acid groups (broad SMARTS) is 1. The minimum absolute atomic E-state index is 0.000316. The molecule has 0 aliphatic carbocycles. The van der Waals surface area contributed by atoms with Crippen LogP contribution in [0, 0.1) is 11.3 Å². The standard InChI is InChI=1S/C25H20F6N4O6S/c1-2-18-20(22(37)38)21(15-8-6-14(11-32)7-9-15)34(12-19(36)33-42(40,41)13-24(26,27)28)23(39)35(18)17-5-3-4-16(10-17)25(29,30)31/h3-10,21H,2,12-13H2,1H3,(H,33,36)(H,37,38). The maximum Gasteiger partial charge on any atom is 0.416 e. The van der Waals surface area contributed by atoms with Gasteiger partial charge in [-0.1, -0.05) is 25.1 Å². The number of nitrogens with one attached hydrogen (secondary N) is 1. The summed E-state index contributed by atoms with van der Waals surface area (Å²) in [4.78, 5) is 40.2. The molecule has 1 atom stereocenters. The van der Waals surface area contributed by atoms with E-state index in [-0.39, 0.29) is 23.2 Å². The first-order valence-electron chi connectivity index (χ1n) is 11.7. The number of halogens is 6. The summed E-state index contributed by atoms with van der Waals surface area (Å²) in [5.74, 6) is -5.75. The molecule has 2 N–H and O–H groups in total. The minimum atomic E-state index is -5.30. The van der Waals surface area contributed by atoms with Gasteiger partial charge in [-0.05, 0) is 42.3 Å². The summed E-state index contributed by atoms with van der Waals surface area (Å²) >= 11 is 0. The van der Waals surface area contributed by atoms with Crippen LogP contribution in [-0.4, -0.2) is 54.8 Å². The fraction of sp³-hybridized carbons (Fsp3) is 0.280.